The molecule has 0 atom stereocenters. The molecular weight excluding hydrogens is 272 g/mol. The van der Waals surface area contributed by atoms with Crippen molar-refractivity contribution in [3.63, 3.8) is 0 Å². The molecule has 0 bridgehead atoms. The molecule has 4 heteroatoms. The molecule has 0 radical (unpaired) electrons. The number of aromatic nitrogens is 1. The zero-order valence-corrected chi connectivity index (χ0v) is 13.4. The highest BCUT2D eigenvalue weighted by Crippen LogP contribution is 2.32. The molecule has 1 aromatic heterocycles. The molecule has 22 heavy (non-hydrogen) atoms. The van der Waals surface area contributed by atoms with Crippen molar-refractivity contribution in [2.45, 2.75) is 32.6 Å². The van der Waals surface area contributed by atoms with Gasteiger partial charge in [-0.15, -0.1) is 0 Å². The molecule has 3 rings (SSSR count). The fourth-order valence-corrected chi connectivity index (χ4v) is 2.76. The maximum absolute atomic E-state index is 4.66. The maximum Gasteiger partial charge on any atom is 0.191 e. The second-order valence-electron chi connectivity index (χ2n) is 6.03. The lowest BCUT2D eigenvalue weighted by molar-refractivity contribution is 0.724. The Balaban J connectivity index is 1.50. The summed E-state index contributed by atoms with van der Waals surface area (Å²) in [6, 6.07) is 8.46. The molecule has 1 aliphatic carbocycles. The normalized spacial score (nSPS) is 15.2. The van der Waals surface area contributed by atoms with Gasteiger partial charge in [-0.1, -0.05) is 31.0 Å². The van der Waals surface area contributed by atoms with E-state index >= 15 is 0 Å². The maximum atomic E-state index is 4.66. The molecule has 0 spiro atoms. The highest BCUT2D eigenvalue weighted by molar-refractivity contribution is 5.83. The van der Waals surface area contributed by atoms with Crippen LogP contribution in [0, 0.1) is 5.92 Å². The minimum absolute atomic E-state index is 0.900. The van der Waals surface area contributed by atoms with E-state index in [2.05, 4.69) is 58.0 Å². The number of aromatic amines is 1. The molecule has 1 aliphatic rings. The number of guanidine groups is 1. The van der Waals surface area contributed by atoms with E-state index in [1.165, 1.54) is 35.7 Å². The SMILES string of the molecule is CCNC(=NCCC1CC1)NCCc1c[nH]c2ccccc12. The number of nitrogens with zero attached hydrogens (tertiary/aromatic N) is 1. The molecule has 2 aromatic rings. The van der Waals surface area contributed by atoms with Crippen LogP contribution in [0.15, 0.2) is 35.5 Å². The molecule has 0 unspecified atom stereocenters. The Hall–Kier alpha value is -1.97. The molecule has 0 amide bonds. The Labute approximate surface area is 132 Å². The van der Waals surface area contributed by atoms with Crippen LogP contribution in [0.4, 0.5) is 0 Å². The van der Waals surface area contributed by atoms with Gasteiger partial charge in [0.1, 0.15) is 0 Å². The number of benzene rings is 1. The van der Waals surface area contributed by atoms with Crippen molar-refractivity contribution in [1.82, 2.24) is 15.6 Å². The highest BCUT2D eigenvalue weighted by Gasteiger charge is 2.20. The monoisotopic (exact) mass is 298 g/mol. The summed E-state index contributed by atoms with van der Waals surface area (Å²) < 4.78 is 0. The summed E-state index contributed by atoms with van der Waals surface area (Å²) in [5, 5.41) is 8.09. The Morgan fingerprint density at radius 1 is 1.27 bits per heavy atom. The standard InChI is InChI=1S/C18H26N4/c1-2-19-18(20-11-9-14-7-8-14)21-12-10-15-13-22-17-6-4-3-5-16(15)17/h3-6,13-14,22H,2,7-12H2,1H3,(H2,19,20,21). The number of nitrogens with one attached hydrogen (secondary N) is 3. The van der Waals surface area contributed by atoms with E-state index in [0.717, 1.165) is 37.9 Å². The molecule has 1 saturated carbocycles. The number of rotatable bonds is 7. The lowest BCUT2D eigenvalue weighted by Crippen LogP contribution is -2.38. The Morgan fingerprint density at radius 3 is 2.95 bits per heavy atom. The second-order valence-corrected chi connectivity index (χ2v) is 6.03. The van der Waals surface area contributed by atoms with E-state index in [9.17, 15) is 0 Å². The van der Waals surface area contributed by atoms with Crippen LogP contribution in [-0.2, 0) is 6.42 Å². The number of hydrogen-bond acceptors (Lipinski definition) is 1. The Morgan fingerprint density at radius 2 is 2.14 bits per heavy atom. The number of fused-ring (bicyclic) bond motifs is 1. The number of hydrogen-bond donors (Lipinski definition) is 3. The van der Waals surface area contributed by atoms with Crippen LogP contribution in [0.3, 0.4) is 0 Å². The van der Waals surface area contributed by atoms with Crippen LogP contribution in [0.2, 0.25) is 0 Å². The van der Waals surface area contributed by atoms with Crippen LogP contribution in [0.5, 0.6) is 0 Å². The minimum Gasteiger partial charge on any atom is -0.361 e. The van der Waals surface area contributed by atoms with E-state index in [1.54, 1.807) is 0 Å². The van der Waals surface area contributed by atoms with E-state index in [4.69, 9.17) is 0 Å². The highest BCUT2D eigenvalue weighted by atomic mass is 15.2. The van der Waals surface area contributed by atoms with Gasteiger partial charge in [0.2, 0.25) is 0 Å². The average Bonchev–Trinajstić information content (AvgIpc) is 3.27. The third-order valence-electron chi connectivity index (χ3n) is 4.21. The molecule has 0 aliphatic heterocycles. The van der Waals surface area contributed by atoms with E-state index in [1.807, 2.05) is 0 Å². The molecule has 3 N–H and O–H groups in total. The van der Waals surface area contributed by atoms with Gasteiger partial charge in [-0.3, -0.25) is 4.99 Å². The van der Waals surface area contributed by atoms with E-state index < -0.39 is 0 Å². The number of aliphatic imine (C=N–C) groups is 1. The third kappa shape index (κ3) is 4.03. The first-order valence-electron chi connectivity index (χ1n) is 8.44. The fourth-order valence-electron chi connectivity index (χ4n) is 2.76. The minimum atomic E-state index is 0.900. The fraction of sp³-hybridized carbons (Fsp3) is 0.500. The zero-order chi connectivity index (χ0) is 15.2. The van der Waals surface area contributed by atoms with Gasteiger partial charge in [-0.25, -0.2) is 0 Å². The van der Waals surface area contributed by atoms with Crippen LogP contribution in [0.1, 0.15) is 31.7 Å². The van der Waals surface area contributed by atoms with Gasteiger partial charge in [-0.2, -0.15) is 0 Å². The summed E-state index contributed by atoms with van der Waals surface area (Å²) in [6.45, 7) is 4.85. The summed E-state index contributed by atoms with van der Waals surface area (Å²) in [7, 11) is 0. The van der Waals surface area contributed by atoms with Crippen molar-refractivity contribution in [3.05, 3.63) is 36.0 Å². The van der Waals surface area contributed by atoms with Gasteiger partial charge in [-0.05, 0) is 37.3 Å². The lowest BCUT2D eigenvalue weighted by Gasteiger charge is -2.11. The number of para-hydroxylation sites is 1. The molecule has 1 fully saturated rings. The van der Waals surface area contributed by atoms with E-state index in [-0.39, 0.29) is 0 Å². The largest absolute Gasteiger partial charge is 0.361 e. The van der Waals surface area contributed by atoms with Gasteiger partial charge in [0, 0.05) is 36.7 Å². The quantitative estimate of drug-likeness (QED) is 0.543. The van der Waals surface area contributed by atoms with Crippen LogP contribution in [-0.4, -0.2) is 30.6 Å². The summed E-state index contributed by atoms with van der Waals surface area (Å²) >= 11 is 0. The molecular formula is C18H26N4. The summed E-state index contributed by atoms with van der Waals surface area (Å²) in [5.41, 5.74) is 2.57. The zero-order valence-electron chi connectivity index (χ0n) is 13.4. The van der Waals surface area contributed by atoms with Crippen molar-refractivity contribution >= 4 is 16.9 Å². The third-order valence-corrected chi connectivity index (χ3v) is 4.21. The van der Waals surface area contributed by atoms with Crippen molar-refractivity contribution in [1.29, 1.82) is 0 Å². The summed E-state index contributed by atoms with van der Waals surface area (Å²) in [6.07, 6.45) is 7.15. The predicted octanol–water partition coefficient (Wildman–Crippen LogP) is 3.07. The van der Waals surface area contributed by atoms with Crippen molar-refractivity contribution in [2.75, 3.05) is 19.6 Å². The summed E-state index contributed by atoms with van der Waals surface area (Å²) in [5.74, 6) is 1.89. The van der Waals surface area contributed by atoms with Crippen molar-refractivity contribution in [2.24, 2.45) is 10.9 Å². The Kier molecular flexibility index (Phi) is 4.99. The topological polar surface area (TPSA) is 52.2 Å². The molecule has 4 nitrogen and oxygen atoms in total. The first-order chi connectivity index (χ1) is 10.9. The van der Waals surface area contributed by atoms with Gasteiger partial charge < -0.3 is 15.6 Å². The van der Waals surface area contributed by atoms with Crippen LogP contribution >= 0.6 is 0 Å². The van der Waals surface area contributed by atoms with Gasteiger partial charge in [0.25, 0.3) is 0 Å². The van der Waals surface area contributed by atoms with Gasteiger partial charge in [0.05, 0.1) is 0 Å². The lowest BCUT2D eigenvalue weighted by atomic mass is 10.1. The molecule has 1 heterocycles. The smallest absolute Gasteiger partial charge is 0.191 e. The molecule has 0 saturated heterocycles. The van der Waals surface area contributed by atoms with Gasteiger partial charge in [0.15, 0.2) is 5.96 Å². The van der Waals surface area contributed by atoms with E-state index in [0.29, 0.717) is 0 Å². The molecule has 1 aromatic carbocycles. The second kappa shape index (κ2) is 7.34. The van der Waals surface area contributed by atoms with Crippen LogP contribution < -0.4 is 10.6 Å². The molecule has 118 valence electrons. The van der Waals surface area contributed by atoms with Crippen molar-refractivity contribution < 1.29 is 0 Å². The summed E-state index contributed by atoms with van der Waals surface area (Å²) in [4.78, 5) is 7.99. The first-order valence-corrected chi connectivity index (χ1v) is 8.44. The average molecular weight is 298 g/mol. The number of H-pyrrole nitrogens is 1. The predicted molar refractivity (Wildman–Crippen MR) is 93.3 cm³/mol. The van der Waals surface area contributed by atoms with Crippen LogP contribution in [0.25, 0.3) is 10.9 Å². The van der Waals surface area contributed by atoms with Crippen molar-refractivity contribution in [3.8, 4) is 0 Å². The van der Waals surface area contributed by atoms with Gasteiger partial charge >= 0.3 is 0 Å². The first kappa shape index (κ1) is 14.9. The Bertz CT molecular complexity index is 625.